The quantitative estimate of drug-likeness (QED) is 0.901. The number of ether oxygens (including phenoxy) is 2. The van der Waals surface area contributed by atoms with Crippen molar-refractivity contribution in [1.82, 2.24) is 4.90 Å². The van der Waals surface area contributed by atoms with E-state index in [2.05, 4.69) is 24.1 Å². The molecule has 1 aromatic carbocycles. The Morgan fingerprint density at radius 3 is 2.74 bits per heavy atom. The van der Waals surface area contributed by atoms with Crippen molar-refractivity contribution in [3.8, 4) is 11.5 Å². The van der Waals surface area contributed by atoms with Crippen molar-refractivity contribution in [2.45, 2.75) is 25.3 Å². The third-order valence-electron chi connectivity index (χ3n) is 4.11. The van der Waals surface area contributed by atoms with E-state index in [-0.39, 0.29) is 0 Å². The largest absolute Gasteiger partial charge is 0.486 e. The van der Waals surface area contributed by atoms with E-state index in [1.807, 2.05) is 0 Å². The standard InChI is InChI=1S/C15H22N2O2/c1-17-6-4-11-9-14-15(19-8-7-18-14)10-12(11)13(17)3-2-5-16/h9-10,13H,2-8,16H2,1H3. The maximum absolute atomic E-state index is 5.71. The van der Waals surface area contributed by atoms with Crippen molar-refractivity contribution in [2.24, 2.45) is 5.73 Å². The van der Waals surface area contributed by atoms with Gasteiger partial charge in [-0.1, -0.05) is 0 Å². The van der Waals surface area contributed by atoms with Gasteiger partial charge in [0.1, 0.15) is 13.2 Å². The van der Waals surface area contributed by atoms with E-state index in [0.717, 1.165) is 43.9 Å². The highest BCUT2D eigenvalue weighted by molar-refractivity contribution is 5.50. The summed E-state index contributed by atoms with van der Waals surface area (Å²) < 4.78 is 11.4. The summed E-state index contributed by atoms with van der Waals surface area (Å²) in [6.45, 7) is 3.16. The molecule has 2 N–H and O–H groups in total. The summed E-state index contributed by atoms with van der Waals surface area (Å²) in [5.74, 6) is 1.81. The number of nitrogens with two attached hydrogens (primary N) is 1. The van der Waals surface area contributed by atoms with Crippen LogP contribution in [0.1, 0.15) is 30.0 Å². The van der Waals surface area contributed by atoms with Crippen molar-refractivity contribution in [3.05, 3.63) is 23.3 Å². The van der Waals surface area contributed by atoms with Crippen molar-refractivity contribution in [1.29, 1.82) is 0 Å². The van der Waals surface area contributed by atoms with Gasteiger partial charge in [0.25, 0.3) is 0 Å². The van der Waals surface area contributed by atoms with E-state index in [1.54, 1.807) is 0 Å². The summed E-state index contributed by atoms with van der Waals surface area (Å²) in [6, 6.07) is 4.82. The minimum Gasteiger partial charge on any atom is -0.486 e. The van der Waals surface area contributed by atoms with Gasteiger partial charge < -0.3 is 15.2 Å². The summed E-state index contributed by atoms with van der Waals surface area (Å²) in [7, 11) is 2.20. The Morgan fingerprint density at radius 2 is 2.00 bits per heavy atom. The fourth-order valence-corrected chi connectivity index (χ4v) is 3.05. The second-order valence-electron chi connectivity index (χ2n) is 5.37. The fraction of sp³-hybridized carbons (Fsp3) is 0.600. The predicted octanol–water partition coefficient (Wildman–Crippen LogP) is 1.73. The molecule has 0 aromatic heterocycles. The first-order valence-corrected chi connectivity index (χ1v) is 7.12. The van der Waals surface area contributed by atoms with Gasteiger partial charge in [-0.3, -0.25) is 4.90 Å². The van der Waals surface area contributed by atoms with Crippen LogP contribution in [0.4, 0.5) is 0 Å². The van der Waals surface area contributed by atoms with Gasteiger partial charge in [0.2, 0.25) is 0 Å². The summed E-state index contributed by atoms with van der Waals surface area (Å²) in [5.41, 5.74) is 8.46. The summed E-state index contributed by atoms with van der Waals surface area (Å²) >= 11 is 0. The van der Waals surface area contributed by atoms with Crippen LogP contribution in [-0.4, -0.2) is 38.3 Å². The lowest BCUT2D eigenvalue weighted by Gasteiger charge is -2.35. The van der Waals surface area contributed by atoms with Crippen LogP contribution >= 0.6 is 0 Å². The molecule has 1 aromatic rings. The predicted molar refractivity (Wildman–Crippen MR) is 74.8 cm³/mol. The monoisotopic (exact) mass is 262 g/mol. The second kappa shape index (κ2) is 5.39. The Hall–Kier alpha value is -1.26. The van der Waals surface area contributed by atoms with Crippen molar-refractivity contribution >= 4 is 0 Å². The van der Waals surface area contributed by atoms with Gasteiger partial charge in [-0.25, -0.2) is 0 Å². The minimum atomic E-state index is 0.461. The van der Waals surface area contributed by atoms with Crippen LogP contribution < -0.4 is 15.2 Å². The van der Waals surface area contributed by atoms with Gasteiger partial charge in [0, 0.05) is 12.6 Å². The SMILES string of the molecule is CN1CCc2cc3c(cc2C1CCCN)OCCO3. The zero-order valence-corrected chi connectivity index (χ0v) is 11.5. The molecule has 2 aliphatic heterocycles. The fourth-order valence-electron chi connectivity index (χ4n) is 3.05. The minimum absolute atomic E-state index is 0.461. The Kier molecular flexibility index (Phi) is 3.62. The van der Waals surface area contributed by atoms with E-state index in [0.29, 0.717) is 19.3 Å². The molecule has 0 saturated heterocycles. The normalized spacial score (nSPS) is 22.1. The Balaban J connectivity index is 1.94. The van der Waals surface area contributed by atoms with Gasteiger partial charge in [-0.15, -0.1) is 0 Å². The van der Waals surface area contributed by atoms with Crippen LogP contribution in [0.25, 0.3) is 0 Å². The topological polar surface area (TPSA) is 47.7 Å². The van der Waals surface area contributed by atoms with Gasteiger partial charge in [-0.2, -0.15) is 0 Å². The number of fused-ring (bicyclic) bond motifs is 2. The van der Waals surface area contributed by atoms with Crippen molar-refractivity contribution in [2.75, 3.05) is 33.4 Å². The lowest BCUT2D eigenvalue weighted by Crippen LogP contribution is -2.32. The first-order chi connectivity index (χ1) is 9.29. The summed E-state index contributed by atoms with van der Waals surface area (Å²) in [6.07, 6.45) is 3.25. The van der Waals surface area contributed by atoms with Gasteiger partial charge in [-0.05, 0) is 56.1 Å². The van der Waals surface area contributed by atoms with E-state index in [9.17, 15) is 0 Å². The Labute approximate surface area is 114 Å². The molecule has 2 aliphatic rings. The van der Waals surface area contributed by atoms with E-state index >= 15 is 0 Å². The Bertz CT molecular complexity index is 462. The molecule has 1 atom stereocenters. The van der Waals surface area contributed by atoms with E-state index in [4.69, 9.17) is 15.2 Å². The molecule has 19 heavy (non-hydrogen) atoms. The molecular weight excluding hydrogens is 240 g/mol. The lowest BCUT2D eigenvalue weighted by molar-refractivity contribution is 0.168. The van der Waals surface area contributed by atoms with Crippen LogP contribution in [0.3, 0.4) is 0 Å². The molecule has 0 aliphatic carbocycles. The van der Waals surface area contributed by atoms with Gasteiger partial charge in [0.05, 0.1) is 0 Å². The number of nitrogens with zero attached hydrogens (tertiary/aromatic N) is 1. The van der Waals surface area contributed by atoms with Crippen LogP contribution in [-0.2, 0) is 6.42 Å². The average Bonchev–Trinajstić information content (AvgIpc) is 2.44. The Morgan fingerprint density at radius 1 is 1.26 bits per heavy atom. The molecule has 4 nitrogen and oxygen atoms in total. The highest BCUT2D eigenvalue weighted by Crippen LogP contribution is 2.40. The molecular formula is C15H22N2O2. The van der Waals surface area contributed by atoms with Crippen LogP contribution in [0.15, 0.2) is 12.1 Å². The molecule has 0 saturated carbocycles. The number of benzene rings is 1. The van der Waals surface area contributed by atoms with E-state index in [1.165, 1.54) is 11.1 Å². The first-order valence-electron chi connectivity index (χ1n) is 7.12. The van der Waals surface area contributed by atoms with Crippen LogP contribution in [0.2, 0.25) is 0 Å². The number of likely N-dealkylation sites (N-methyl/N-ethyl adjacent to an activating group) is 1. The summed E-state index contributed by atoms with van der Waals surface area (Å²) in [4.78, 5) is 2.42. The third kappa shape index (κ3) is 2.42. The van der Waals surface area contributed by atoms with Crippen molar-refractivity contribution in [3.63, 3.8) is 0 Å². The molecule has 4 heteroatoms. The molecule has 0 spiro atoms. The zero-order chi connectivity index (χ0) is 13.2. The highest BCUT2D eigenvalue weighted by atomic mass is 16.6. The summed E-state index contributed by atoms with van der Waals surface area (Å²) in [5, 5.41) is 0. The third-order valence-corrected chi connectivity index (χ3v) is 4.11. The number of hydrogen-bond acceptors (Lipinski definition) is 4. The smallest absolute Gasteiger partial charge is 0.161 e. The van der Waals surface area contributed by atoms with Gasteiger partial charge >= 0.3 is 0 Å². The molecule has 1 unspecified atom stereocenters. The molecule has 104 valence electrons. The number of rotatable bonds is 3. The molecule has 0 fully saturated rings. The lowest BCUT2D eigenvalue weighted by atomic mass is 9.89. The average molecular weight is 262 g/mol. The second-order valence-corrected chi connectivity index (χ2v) is 5.37. The highest BCUT2D eigenvalue weighted by Gasteiger charge is 2.27. The molecule has 0 amide bonds. The first kappa shape index (κ1) is 12.8. The zero-order valence-electron chi connectivity index (χ0n) is 11.5. The maximum Gasteiger partial charge on any atom is 0.161 e. The van der Waals surface area contributed by atoms with Crippen molar-refractivity contribution < 1.29 is 9.47 Å². The number of hydrogen-bond donors (Lipinski definition) is 1. The van der Waals surface area contributed by atoms with E-state index < -0.39 is 0 Å². The van der Waals surface area contributed by atoms with Gasteiger partial charge in [0.15, 0.2) is 11.5 Å². The molecule has 0 bridgehead atoms. The van der Waals surface area contributed by atoms with Crippen LogP contribution in [0.5, 0.6) is 11.5 Å². The molecule has 3 rings (SSSR count). The van der Waals surface area contributed by atoms with Crippen LogP contribution in [0, 0.1) is 0 Å². The molecule has 0 radical (unpaired) electrons. The molecule has 2 heterocycles. The maximum atomic E-state index is 5.71.